The molecule has 4 aromatic rings. The fourth-order valence-corrected chi connectivity index (χ4v) is 5.04. The number of benzene rings is 3. The number of rotatable bonds is 9. The second-order valence-corrected chi connectivity index (χ2v) is 10.5. The number of nitrogens with one attached hydrogen (secondary N) is 1. The van der Waals surface area contributed by atoms with Crippen molar-refractivity contribution in [2.75, 3.05) is 11.9 Å². The highest BCUT2D eigenvalue weighted by Gasteiger charge is 2.34. The summed E-state index contributed by atoms with van der Waals surface area (Å²) in [5.74, 6) is -0.223. The molecule has 0 saturated carbocycles. The van der Waals surface area contributed by atoms with Gasteiger partial charge in [-0.2, -0.15) is 5.10 Å². The molecule has 42 heavy (non-hydrogen) atoms. The van der Waals surface area contributed by atoms with Gasteiger partial charge in [0, 0.05) is 16.3 Å². The van der Waals surface area contributed by atoms with Crippen LogP contribution in [0.2, 0.25) is 5.02 Å². The third-order valence-corrected chi connectivity index (χ3v) is 7.29. The Kier molecular flexibility index (Phi) is 9.15. The van der Waals surface area contributed by atoms with Crippen LogP contribution in [0.4, 0.5) is 10.1 Å². The first-order chi connectivity index (χ1) is 20.4. The van der Waals surface area contributed by atoms with Crippen molar-refractivity contribution in [2.45, 2.75) is 13.5 Å². The number of hydrogen-bond donors (Lipinski definition) is 1. The molecular formula is C31H24ClFN4O4S. The number of hydrogen-bond acceptors (Lipinski definition) is 7. The monoisotopic (exact) mass is 602 g/mol. The Bertz CT molecular complexity index is 1690. The summed E-state index contributed by atoms with van der Waals surface area (Å²) in [4.78, 5) is 27.8. The predicted molar refractivity (Wildman–Crippen MR) is 163 cm³/mol. The van der Waals surface area contributed by atoms with Crippen LogP contribution in [0, 0.1) is 12.7 Å². The largest absolute Gasteiger partial charge is 0.483 e. The molecule has 11 heteroatoms. The van der Waals surface area contributed by atoms with E-state index in [0.717, 1.165) is 22.9 Å². The molecule has 1 saturated heterocycles. The van der Waals surface area contributed by atoms with E-state index in [1.165, 1.54) is 35.4 Å². The normalized spacial score (nSPS) is 15.2. The number of carbonyl (C=O) groups is 2. The van der Waals surface area contributed by atoms with Gasteiger partial charge >= 0.3 is 0 Å². The van der Waals surface area contributed by atoms with Crippen LogP contribution in [0.3, 0.4) is 0 Å². The molecule has 0 bridgehead atoms. The Morgan fingerprint density at radius 2 is 1.90 bits per heavy atom. The number of amidine groups is 1. The quantitative estimate of drug-likeness (QED) is 0.128. The lowest BCUT2D eigenvalue weighted by atomic mass is 10.1. The number of carbonyl (C=O) groups excluding carboxylic acids is 2. The van der Waals surface area contributed by atoms with Gasteiger partial charge in [0.25, 0.3) is 11.8 Å². The first-order valence-corrected chi connectivity index (χ1v) is 13.9. The summed E-state index contributed by atoms with van der Waals surface area (Å²) < 4.78 is 24.4. The number of nitrogens with zero attached hydrogens (tertiary/aromatic N) is 3. The molecule has 0 atom stereocenters. The summed E-state index contributed by atoms with van der Waals surface area (Å²) in [6.45, 7) is 1.82. The number of aryl methyl sites for hydroxylation is 1. The van der Waals surface area contributed by atoms with E-state index in [-0.39, 0.29) is 19.1 Å². The maximum atomic E-state index is 13.5. The smallest absolute Gasteiger partial charge is 0.267 e. The minimum absolute atomic E-state index is 0.164. The van der Waals surface area contributed by atoms with Crippen LogP contribution in [-0.2, 0) is 16.1 Å². The summed E-state index contributed by atoms with van der Waals surface area (Å²) in [6, 6.07) is 21.5. The van der Waals surface area contributed by atoms with Gasteiger partial charge in [-0.1, -0.05) is 35.9 Å². The molecule has 2 heterocycles. The maximum absolute atomic E-state index is 13.5. The molecule has 1 N–H and O–H groups in total. The van der Waals surface area contributed by atoms with Crippen LogP contribution in [0.25, 0.3) is 6.08 Å². The molecule has 1 fully saturated rings. The SMILES string of the molecule is Cc1ccccc1/C=N\N=C1\S/C(=C\c2cc(Cl)ccc2OCC(=O)Nc2ccc(F)cc2)C(=O)N1Cc1ccco1. The highest BCUT2D eigenvalue weighted by molar-refractivity contribution is 8.18. The molecule has 0 spiro atoms. The average Bonchev–Trinajstić information content (AvgIpc) is 3.59. The molecule has 8 nitrogen and oxygen atoms in total. The molecule has 1 aliphatic rings. The van der Waals surface area contributed by atoms with Crippen LogP contribution in [0.15, 0.2) is 105 Å². The van der Waals surface area contributed by atoms with E-state index in [4.69, 9.17) is 20.8 Å². The molecule has 3 aromatic carbocycles. The molecule has 0 unspecified atom stereocenters. The van der Waals surface area contributed by atoms with Crippen LogP contribution in [0.1, 0.15) is 22.5 Å². The molecule has 1 aromatic heterocycles. The average molecular weight is 603 g/mol. The first kappa shape index (κ1) is 28.8. The number of thioether (sulfide) groups is 1. The van der Waals surface area contributed by atoms with Gasteiger partial charge in [-0.15, -0.1) is 5.10 Å². The van der Waals surface area contributed by atoms with E-state index < -0.39 is 11.7 Å². The lowest BCUT2D eigenvalue weighted by Crippen LogP contribution is -2.28. The van der Waals surface area contributed by atoms with Crippen molar-refractivity contribution in [2.24, 2.45) is 10.2 Å². The highest BCUT2D eigenvalue weighted by atomic mass is 35.5. The Balaban J connectivity index is 1.37. The minimum Gasteiger partial charge on any atom is -0.483 e. The van der Waals surface area contributed by atoms with E-state index >= 15 is 0 Å². The zero-order chi connectivity index (χ0) is 29.5. The van der Waals surface area contributed by atoms with Gasteiger partial charge in [-0.3, -0.25) is 14.5 Å². The van der Waals surface area contributed by atoms with Crippen molar-refractivity contribution in [1.29, 1.82) is 0 Å². The summed E-state index contributed by atoms with van der Waals surface area (Å²) in [6.07, 6.45) is 4.81. The highest BCUT2D eigenvalue weighted by Crippen LogP contribution is 2.36. The van der Waals surface area contributed by atoms with Gasteiger partial charge < -0.3 is 14.5 Å². The van der Waals surface area contributed by atoms with Gasteiger partial charge in [-0.05, 0) is 90.5 Å². The third-order valence-electron chi connectivity index (χ3n) is 6.06. The van der Waals surface area contributed by atoms with Crippen molar-refractivity contribution < 1.29 is 23.1 Å². The fraction of sp³-hybridized carbons (Fsp3) is 0.0968. The van der Waals surface area contributed by atoms with Crippen LogP contribution in [0.5, 0.6) is 5.75 Å². The summed E-state index contributed by atoms with van der Waals surface area (Å²) in [5.41, 5.74) is 2.89. The van der Waals surface area contributed by atoms with E-state index in [2.05, 4.69) is 15.5 Å². The Hall–Kier alpha value is -4.67. The van der Waals surface area contributed by atoms with Crippen molar-refractivity contribution in [3.63, 3.8) is 0 Å². The third kappa shape index (κ3) is 7.34. The Morgan fingerprint density at radius 1 is 1.10 bits per heavy atom. The van der Waals surface area contributed by atoms with Gasteiger partial charge in [0.1, 0.15) is 17.3 Å². The zero-order valence-electron chi connectivity index (χ0n) is 22.3. The van der Waals surface area contributed by atoms with Crippen molar-refractivity contribution in [1.82, 2.24) is 4.90 Å². The maximum Gasteiger partial charge on any atom is 0.267 e. The molecule has 5 rings (SSSR count). The van der Waals surface area contributed by atoms with Crippen molar-refractivity contribution in [3.8, 4) is 5.75 Å². The number of amides is 2. The van der Waals surface area contributed by atoms with Crippen molar-refractivity contribution in [3.05, 3.63) is 123 Å². The van der Waals surface area contributed by atoms with Crippen molar-refractivity contribution >= 4 is 58.3 Å². The lowest BCUT2D eigenvalue weighted by Gasteiger charge is -2.13. The van der Waals surface area contributed by atoms with E-state index in [9.17, 15) is 14.0 Å². The van der Waals surface area contributed by atoms with E-state index in [1.54, 1.807) is 42.6 Å². The number of anilines is 1. The van der Waals surface area contributed by atoms with E-state index in [0.29, 0.717) is 37.9 Å². The molecular weight excluding hydrogens is 579 g/mol. The molecule has 2 amide bonds. The summed E-state index contributed by atoms with van der Waals surface area (Å²) in [5, 5.41) is 12.0. The van der Waals surface area contributed by atoms with Crippen LogP contribution < -0.4 is 10.1 Å². The van der Waals surface area contributed by atoms with Gasteiger partial charge in [0.2, 0.25) is 0 Å². The fourth-order valence-electron chi connectivity index (χ4n) is 3.93. The van der Waals surface area contributed by atoms with Crippen LogP contribution >= 0.6 is 23.4 Å². The second-order valence-electron chi connectivity index (χ2n) is 9.09. The zero-order valence-corrected chi connectivity index (χ0v) is 23.9. The summed E-state index contributed by atoms with van der Waals surface area (Å²) >= 11 is 7.41. The molecule has 212 valence electrons. The minimum atomic E-state index is -0.438. The second kappa shape index (κ2) is 13.3. The first-order valence-electron chi connectivity index (χ1n) is 12.7. The van der Waals surface area contributed by atoms with Gasteiger partial charge in [0.05, 0.1) is 23.9 Å². The summed E-state index contributed by atoms with van der Waals surface area (Å²) in [7, 11) is 0. The Morgan fingerprint density at radius 3 is 2.67 bits per heavy atom. The Labute approximate surface area is 250 Å². The predicted octanol–water partition coefficient (Wildman–Crippen LogP) is 6.90. The van der Waals surface area contributed by atoms with Crippen LogP contribution in [-0.4, -0.2) is 34.7 Å². The van der Waals surface area contributed by atoms with E-state index in [1.807, 2.05) is 31.2 Å². The number of furan rings is 1. The molecule has 1 aliphatic heterocycles. The topological polar surface area (TPSA) is 96.5 Å². The standard InChI is InChI=1S/C31H24ClFN4O4S/c1-20-5-2-3-6-21(20)17-34-36-31-37(18-26-7-4-14-40-26)30(39)28(42-31)16-22-15-23(32)8-13-27(22)41-19-29(38)35-25-11-9-24(33)10-12-25/h2-17H,18-19H2,1H3,(H,35,38)/b28-16-,34-17-,36-31+. The lowest BCUT2D eigenvalue weighted by molar-refractivity contribution is -0.122. The molecule has 0 aliphatic carbocycles. The van der Waals surface area contributed by atoms with Gasteiger partial charge in [-0.25, -0.2) is 4.39 Å². The number of halogens is 2. The van der Waals surface area contributed by atoms with Gasteiger partial charge in [0.15, 0.2) is 11.8 Å². The number of ether oxygens (including phenoxy) is 1. The molecule has 0 radical (unpaired) electrons.